The smallest absolute Gasteiger partial charge is 0.0351 e. The van der Waals surface area contributed by atoms with Gasteiger partial charge in [-0.2, -0.15) is 0 Å². The summed E-state index contributed by atoms with van der Waals surface area (Å²) in [7, 11) is 0. The minimum Gasteiger partial charge on any atom is -0.0885 e. The van der Waals surface area contributed by atoms with Crippen molar-refractivity contribution in [2.45, 2.75) is 96.8 Å². The van der Waals surface area contributed by atoms with Crippen LogP contribution in [-0.4, -0.2) is 0 Å². The van der Waals surface area contributed by atoms with Gasteiger partial charge in [-0.1, -0.05) is 90.2 Å². The molecule has 0 heteroatoms. The fourth-order valence-electron chi connectivity index (χ4n) is 2.25. The number of rotatable bonds is 14. The maximum atomic E-state index is 3.85. The van der Waals surface area contributed by atoms with E-state index in [1.54, 1.807) is 0 Å². The van der Waals surface area contributed by atoms with Crippen molar-refractivity contribution in [3.05, 3.63) is 19.1 Å². The summed E-state index contributed by atoms with van der Waals surface area (Å²) in [6, 6.07) is 0. The molecule has 0 fully saturated rings. The van der Waals surface area contributed by atoms with Crippen LogP contribution in [-0.2, 0) is 0 Å². The first-order valence-corrected chi connectivity index (χ1v) is 8.36. The van der Waals surface area contributed by atoms with Crippen LogP contribution < -0.4 is 0 Å². The first kappa shape index (κ1) is 17.7. The summed E-state index contributed by atoms with van der Waals surface area (Å²) in [4.78, 5) is 0. The molecule has 0 heterocycles. The molecule has 0 aromatic rings. The summed E-state index contributed by atoms with van der Waals surface area (Å²) in [5, 5.41) is 0. The van der Waals surface area contributed by atoms with Gasteiger partial charge in [-0.25, -0.2) is 0 Å². The normalized spacial score (nSPS) is 11.4. The van der Waals surface area contributed by atoms with E-state index in [9.17, 15) is 0 Å². The number of hydrogen-bond acceptors (Lipinski definition) is 0. The van der Waals surface area contributed by atoms with Crippen molar-refractivity contribution in [3.8, 4) is 0 Å². The van der Waals surface area contributed by atoms with E-state index >= 15 is 0 Å². The highest BCUT2D eigenvalue weighted by molar-refractivity contribution is 4.81. The Kier molecular flexibility index (Phi) is 16.5. The Balaban J connectivity index is 2.96. The summed E-state index contributed by atoms with van der Waals surface area (Å²) in [6.07, 6.45) is 23.9. The van der Waals surface area contributed by atoms with Crippen LogP contribution in [0.2, 0.25) is 0 Å². The molecule has 0 rings (SSSR count). The summed E-state index contributed by atoms with van der Waals surface area (Å²) in [5.74, 6) is 0. The Hall–Kier alpha value is -0.260. The summed E-state index contributed by atoms with van der Waals surface area (Å²) < 4.78 is 0. The molecule has 0 saturated heterocycles. The van der Waals surface area contributed by atoms with Crippen molar-refractivity contribution in [2.75, 3.05) is 0 Å². The molecule has 0 saturated carbocycles. The van der Waals surface area contributed by atoms with Crippen LogP contribution in [0.5, 0.6) is 0 Å². The summed E-state index contributed by atoms with van der Waals surface area (Å²) in [5.41, 5.74) is 0. The Bertz CT molecular complexity index is 157. The van der Waals surface area contributed by atoms with Crippen LogP contribution in [0.3, 0.4) is 0 Å². The molecule has 0 N–H and O–H groups in total. The van der Waals surface area contributed by atoms with E-state index in [0.29, 0.717) is 0 Å². The molecule has 0 spiro atoms. The number of hydrogen-bond donors (Lipinski definition) is 0. The van der Waals surface area contributed by atoms with Gasteiger partial charge >= 0.3 is 0 Å². The second kappa shape index (κ2) is 16.7. The highest BCUT2D eigenvalue weighted by atomic mass is 14.0. The van der Waals surface area contributed by atoms with Crippen LogP contribution in [0, 0.1) is 6.92 Å². The molecule has 0 bridgehead atoms. The molecule has 0 atom stereocenters. The Morgan fingerprint density at radius 2 is 1.06 bits per heavy atom. The monoisotopic (exact) mass is 251 g/mol. The van der Waals surface area contributed by atoms with E-state index in [4.69, 9.17) is 0 Å². The minimum atomic E-state index is 1.07. The SMILES string of the molecule is [CH2]CCC/C=C/CCCCCCCCCCCC. The standard InChI is InChI=1S/C18H35/c1-3-5-7-9-11-13-15-17-18-16-14-12-10-8-6-4-2/h9,11H,1,3-8,10,12-18H2,2H3/b11-9+. The molecule has 107 valence electrons. The fourth-order valence-corrected chi connectivity index (χ4v) is 2.25. The number of allylic oxidation sites excluding steroid dienone is 2. The highest BCUT2D eigenvalue weighted by Gasteiger charge is 1.91. The van der Waals surface area contributed by atoms with Crippen molar-refractivity contribution >= 4 is 0 Å². The van der Waals surface area contributed by atoms with Gasteiger partial charge in [-0.15, -0.1) is 0 Å². The Morgan fingerprint density at radius 1 is 0.611 bits per heavy atom. The molecule has 0 aromatic carbocycles. The van der Waals surface area contributed by atoms with E-state index in [1.165, 1.54) is 83.5 Å². The Morgan fingerprint density at radius 3 is 1.56 bits per heavy atom. The van der Waals surface area contributed by atoms with Crippen LogP contribution >= 0.6 is 0 Å². The third-order valence-corrected chi connectivity index (χ3v) is 3.51. The second-order valence-electron chi connectivity index (χ2n) is 5.44. The van der Waals surface area contributed by atoms with Crippen molar-refractivity contribution in [1.82, 2.24) is 0 Å². The number of unbranched alkanes of at least 4 members (excludes halogenated alkanes) is 12. The largest absolute Gasteiger partial charge is 0.0885 e. The minimum absolute atomic E-state index is 1.07. The first-order chi connectivity index (χ1) is 8.91. The third kappa shape index (κ3) is 15.7. The lowest BCUT2D eigenvalue weighted by Crippen LogP contribution is -1.81. The van der Waals surface area contributed by atoms with Crippen LogP contribution in [0.1, 0.15) is 96.8 Å². The fraction of sp³-hybridized carbons (Fsp3) is 0.833. The summed E-state index contributed by atoms with van der Waals surface area (Å²) >= 11 is 0. The predicted octanol–water partition coefficient (Wildman–Crippen LogP) is 6.86. The van der Waals surface area contributed by atoms with Gasteiger partial charge in [0.1, 0.15) is 0 Å². The molecule has 0 aliphatic carbocycles. The average molecular weight is 251 g/mol. The van der Waals surface area contributed by atoms with E-state index < -0.39 is 0 Å². The molecule has 0 aromatic heterocycles. The van der Waals surface area contributed by atoms with Gasteiger partial charge in [-0.05, 0) is 25.7 Å². The van der Waals surface area contributed by atoms with Gasteiger partial charge in [0, 0.05) is 0 Å². The molecule has 0 nitrogen and oxygen atoms in total. The molecule has 0 unspecified atom stereocenters. The van der Waals surface area contributed by atoms with Gasteiger partial charge in [-0.3, -0.25) is 0 Å². The molecule has 0 aliphatic rings. The molecular weight excluding hydrogens is 216 g/mol. The van der Waals surface area contributed by atoms with E-state index in [1.807, 2.05) is 0 Å². The van der Waals surface area contributed by atoms with Crippen LogP contribution in [0.25, 0.3) is 0 Å². The third-order valence-electron chi connectivity index (χ3n) is 3.51. The molecule has 1 radical (unpaired) electrons. The highest BCUT2D eigenvalue weighted by Crippen LogP contribution is 2.11. The molecule has 0 aliphatic heterocycles. The zero-order chi connectivity index (χ0) is 13.3. The van der Waals surface area contributed by atoms with E-state index in [2.05, 4.69) is 26.0 Å². The first-order valence-electron chi connectivity index (χ1n) is 8.36. The van der Waals surface area contributed by atoms with Gasteiger partial charge < -0.3 is 0 Å². The zero-order valence-corrected chi connectivity index (χ0v) is 12.8. The van der Waals surface area contributed by atoms with Gasteiger partial charge in [0.25, 0.3) is 0 Å². The van der Waals surface area contributed by atoms with Crippen molar-refractivity contribution < 1.29 is 0 Å². The maximum absolute atomic E-state index is 3.85. The average Bonchev–Trinajstić information content (AvgIpc) is 2.39. The lowest BCUT2D eigenvalue weighted by atomic mass is 10.1. The maximum Gasteiger partial charge on any atom is -0.0351 e. The van der Waals surface area contributed by atoms with Gasteiger partial charge in [0.15, 0.2) is 0 Å². The molecule has 0 amide bonds. The lowest BCUT2D eigenvalue weighted by molar-refractivity contribution is 0.557. The molecular formula is C18H35. The van der Waals surface area contributed by atoms with Crippen LogP contribution in [0.4, 0.5) is 0 Å². The lowest BCUT2D eigenvalue weighted by Gasteiger charge is -2.01. The van der Waals surface area contributed by atoms with Gasteiger partial charge in [0.2, 0.25) is 0 Å². The van der Waals surface area contributed by atoms with Gasteiger partial charge in [0.05, 0.1) is 0 Å². The second-order valence-corrected chi connectivity index (χ2v) is 5.44. The topological polar surface area (TPSA) is 0 Å². The van der Waals surface area contributed by atoms with Crippen molar-refractivity contribution in [3.63, 3.8) is 0 Å². The molecule has 18 heavy (non-hydrogen) atoms. The van der Waals surface area contributed by atoms with Crippen LogP contribution in [0.15, 0.2) is 12.2 Å². The van der Waals surface area contributed by atoms with Crippen molar-refractivity contribution in [2.24, 2.45) is 0 Å². The quantitative estimate of drug-likeness (QED) is 0.234. The Labute approximate surface area is 116 Å². The zero-order valence-electron chi connectivity index (χ0n) is 12.8. The van der Waals surface area contributed by atoms with E-state index in [-0.39, 0.29) is 0 Å². The predicted molar refractivity (Wildman–Crippen MR) is 84.8 cm³/mol. The van der Waals surface area contributed by atoms with Crippen molar-refractivity contribution in [1.29, 1.82) is 0 Å². The van der Waals surface area contributed by atoms with E-state index in [0.717, 1.165) is 6.42 Å². The summed E-state index contributed by atoms with van der Waals surface area (Å²) in [6.45, 7) is 6.14.